The lowest BCUT2D eigenvalue weighted by Crippen LogP contribution is -1.96. The highest BCUT2D eigenvalue weighted by molar-refractivity contribution is 6.29. The van der Waals surface area contributed by atoms with Crippen molar-refractivity contribution < 1.29 is 0 Å². The maximum absolute atomic E-state index is 2.49. The van der Waals surface area contributed by atoms with Crippen LogP contribution in [0.2, 0.25) is 0 Å². The summed E-state index contributed by atoms with van der Waals surface area (Å²) in [6, 6.07) is 66.1. The molecule has 0 aliphatic heterocycles. The highest BCUT2D eigenvalue weighted by atomic mass is 15.0. The Hall–Kier alpha value is -6.38. The molecule has 0 bridgehead atoms. The van der Waals surface area contributed by atoms with Crippen LogP contribution in [0.25, 0.3) is 88.0 Å². The minimum Gasteiger partial charge on any atom is -0.309 e. The number of fused-ring (bicyclic) bond motifs is 9. The zero-order valence-electron chi connectivity index (χ0n) is 26.2. The molecule has 10 aromatic rings. The van der Waals surface area contributed by atoms with E-state index in [-0.39, 0.29) is 0 Å². The Morgan fingerprint density at radius 2 is 0.917 bits per heavy atom. The molecule has 0 atom stereocenters. The highest BCUT2D eigenvalue weighted by Gasteiger charge is 2.22. The van der Waals surface area contributed by atoms with Gasteiger partial charge in [0.15, 0.2) is 0 Å². The van der Waals surface area contributed by atoms with Crippen molar-refractivity contribution in [3.63, 3.8) is 0 Å². The Morgan fingerprint density at radius 3 is 1.75 bits per heavy atom. The van der Waals surface area contributed by atoms with Crippen molar-refractivity contribution >= 4 is 54.4 Å². The number of benzene rings is 8. The molecule has 0 spiro atoms. The molecule has 0 radical (unpaired) electrons. The summed E-state index contributed by atoms with van der Waals surface area (Å²) in [7, 11) is 0. The first-order chi connectivity index (χ1) is 23.8. The number of rotatable bonds is 4. The lowest BCUT2D eigenvalue weighted by atomic mass is 9.94. The summed E-state index contributed by atoms with van der Waals surface area (Å²) in [5.74, 6) is 0. The molecule has 2 aromatic heterocycles. The normalized spacial score (nSPS) is 11.8. The third kappa shape index (κ3) is 3.93. The van der Waals surface area contributed by atoms with Crippen LogP contribution in [0, 0.1) is 0 Å². The number of hydrogen-bond acceptors (Lipinski definition) is 0. The number of nitrogens with zero attached hydrogens (tertiary/aromatic N) is 2. The average Bonchev–Trinajstić information content (AvgIpc) is 3.69. The van der Waals surface area contributed by atoms with E-state index in [0.717, 1.165) is 11.4 Å². The standard InChI is InChI=1S/C46H30N2/c1-3-14-31(15-4-1)36-21-9-10-22-37(36)33-17-13-20-35(30-33)48-42-25-12-11-24-39(42)40-28-29-43-44(46(40)48)41-27-26-32-16-7-8-23-38(32)45(41)47(43)34-18-5-2-6-19-34/h1-30H. The third-order valence-corrected chi connectivity index (χ3v) is 9.89. The van der Waals surface area contributed by atoms with Crippen molar-refractivity contribution in [1.82, 2.24) is 9.13 Å². The van der Waals surface area contributed by atoms with Gasteiger partial charge in [-0.15, -0.1) is 0 Å². The van der Waals surface area contributed by atoms with E-state index in [0.29, 0.717) is 0 Å². The topological polar surface area (TPSA) is 9.86 Å². The first-order valence-corrected chi connectivity index (χ1v) is 16.5. The van der Waals surface area contributed by atoms with Gasteiger partial charge in [-0.1, -0.05) is 146 Å². The second kappa shape index (κ2) is 10.6. The summed E-state index contributed by atoms with van der Waals surface area (Å²) < 4.78 is 4.95. The second-order valence-electron chi connectivity index (χ2n) is 12.5. The SMILES string of the molecule is c1ccc(-c2ccccc2-c2cccc(-n3c4ccccc4c4ccc5c(c6ccc7ccccc7c6n5-c5ccccc5)c43)c2)cc1. The molecule has 2 heterocycles. The van der Waals surface area contributed by atoms with Gasteiger partial charge in [-0.25, -0.2) is 0 Å². The van der Waals surface area contributed by atoms with Crippen molar-refractivity contribution in [2.75, 3.05) is 0 Å². The molecule has 2 nitrogen and oxygen atoms in total. The number of aromatic nitrogens is 2. The van der Waals surface area contributed by atoms with Gasteiger partial charge in [0.2, 0.25) is 0 Å². The van der Waals surface area contributed by atoms with E-state index < -0.39 is 0 Å². The van der Waals surface area contributed by atoms with E-state index in [2.05, 4.69) is 191 Å². The maximum Gasteiger partial charge on any atom is 0.0641 e. The fraction of sp³-hybridized carbons (Fsp3) is 0. The molecule has 224 valence electrons. The molecule has 0 N–H and O–H groups in total. The van der Waals surface area contributed by atoms with Crippen molar-refractivity contribution in [2.24, 2.45) is 0 Å². The van der Waals surface area contributed by atoms with Crippen LogP contribution in [0.15, 0.2) is 182 Å². The zero-order chi connectivity index (χ0) is 31.6. The molecular formula is C46H30N2. The predicted molar refractivity (Wildman–Crippen MR) is 203 cm³/mol. The maximum atomic E-state index is 2.49. The van der Waals surface area contributed by atoms with Crippen LogP contribution < -0.4 is 0 Å². The molecule has 0 aliphatic rings. The summed E-state index contributed by atoms with van der Waals surface area (Å²) >= 11 is 0. The fourth-order valence-electron chi connectivity index (χ4n) is 7.85. The Balaban J connectivity index is 1.33. The van der Waals surface area contributed by atoms with Crippen LogP contribution in [0.4, 0.5) is 0 Å². The number of para-hydroxylation sites is 2. The van der Waals surface area contributed by atoms with E-state index >= 15 is 0 Å². The largest absolute Gasteiger partial charge is 0.309 e. The molecule has 8 aromatic carbocycles. The van der Waals surface area contributed by atoms with E-state index in [1.165, 1.54) is 76.6 Å². The fourth-order valence-corrected chi connectivity index (χ4v) is 7.85. The molecule has 0 fully saturated rings. The Kier molecular flexibility index (Phi) is 5.91. The average molecular weight is 611 g/mol. The van der Waals surface area contributed by atoms with E-state index in [9.17, 15) is 0 Å². The van der Waals surface area contributed by atoms with Crippen LogP contribution in [-0.4, -0.2) is 9.13 Å². The molecule has 0 unspecified atom stereocenters. The minimum absolute atomic E-state index is 1.15. The van der Waals surface area contributed by atoms with E-state index in [4.69, 9.17) is 0 Å². The van der Waals surface area contributed by atoms with Gasteiger partial charge in [-0.2, -0.15) is 0 Å². The summed E-state index contributed by atoms with van der Waals surface area (Å²) in [5.41, 5.74) is 12.1. The molecule has 10 rings (SSSR count). The van der Waals surface area contributed by atoms with Gasteiger partial charge in [0.05, 0.1) is 22.1 Å². The van der Waals surface area contributed by atoms with Gasteiger partial charge in [0, 0.05) is 38.3 Å². The Bertz CT molecular complexity index is 2820. The minimum atomic E-state index is 1.15. The van der Waals surface area contributed by atoms with Crippen LogP contribution in [-0.2, 0) is 0 Å². The zero-order valence-corrected chi connectivity index (χ0v) is 26.2. The summed E-state index contributed by atoms with van der Waals surface area (Å²) in [6.07, 6.45) is 0. The quantitative estimate of drug-likeness (QED) is 0.188. The van der Waals surface area contributed by atoms with Gasteiger partial charge >= 0.3 is 0 Å². The monoisotopic (exact) mass is 610 g/mol. The van der Waals surface area contributed by atoms with Gasteiger partial charge in [0.25, 0.3) is 0 Å². The molecular weight excluding hydrogens is 581 g/mol. The van der Waals surface area contributed by atoms with Gasteiger partial charge in [-0.3, -0.25) is 0 Å². The molecule has 2 heteroatoms. The molecule has 0 saturated carbocycles. The first-order valence-electron chi connectivity index (χ1n) is 16.5. The predicted octanol–water partition coefficient (Wildman–Crippen LogP) is 12.4. The molecule has 48 heavy (non-hydrogen) atoms. The van der Waals surface area contributed by atoms with Crippen LogP contribution in [0.5, 0.6) is 0 Å². The molecule has 0 aliphatic carbocycles. The van der Waals surface area contributed by atoms with Crippen molar-refractivity contribution in [3.8, 4) is 33.6 Å². The smallest absolute Gasteiger partial charge is 0.0641 e. The van der Waals surface area contributed by atoms with Gasteiger partial charge in [0.1, 0.15) is 0 Å². The van der Waals surface area contributed by atoms with Crippen molar-refractivity contribution in [1.29, 1.82) is 0 Å². The van der Waals surface area contributed by atoms with Crippen molar-refractivity contribution in [3.05, 3.63) is 182 Å². The summed E-state index contributed by atoms with van der Waals surface area (Å²) in [4.78, 5) is 0. The molecule has 0 amide bonds. The Morgan fingerprint density at radius 1 is 0.312 bits per heavy atom. The van der Waals surface area contributed by atoms with E-state index in [1.807, 2.05) is 0 Å². The van der Waals surface area contributed by atoms with Crippen molar-refractivity contribution in [2.45, 2.75) is 0 Å². The molecule has 0 saturated heterocycles. The lowest BCUT2D eigenvalue weighted by Gasteiger charge is -2.14. The van der Waals surface area contributed by atoms with Crippen LogP contribution >= 0.6 is 0 Å². The summed E-state index contributed by atoms with van der Waals surface area (Å²) in [6.45, 7) is 0. The van der Waals surface area contributed by atoms with Crippen LogP contribution in [0.3, 0.4) is 0 Å². The van der Waals surface area contributed by atoms with Gasteiger partial charge < -0.3 is 9.13 Å². The highest BCUT2D eigenvalue weighted by Crippen LogP contribution is 2.44. The van der Waals surface area contributed by atoms with E-state index in [1.54, 1.807) is 0 Å². The second-order valence-corrected chi connectivity index (χ2v) is 12.5. The lowest BCUT2D eigenvalue weighted by molar-refractivity contribution is 1.18. The van der Waals surface area contributed by atoms with Crippen LogP contribution in [0.1, 0.15) is 0 Å². The third-order valence-electron chi connectivity index (χ3n) is 9.89. The Labute approximate surface area is 278 Å². The van der Waals surface area contributed by atoms with Gasteiger partial charge in [-0.05, 0) is 64.0 Å². The summed E-state index contributed by atoms with van der Waals surface area (Å²) in [5, 5.41) is 7.53. The first kappa shape index (κ1) is 26.8. The number of hydrogen-bond donors (Lipinski definition) is 0.